The third kappa shape index (κ3) is 4.45. The van der Waals surface area contributed by atoms with Gasteiger partial charge in [0.1, 0.15) is 0 Å². The molecular formula is C20H18N4O3S. The van der Waals surface area contributed by atoms with Crippen LogP contribution in [0.25, 0.3) is 10.9 Å². The summed E-state index contributed by atoms with van der Waals surface area (Å²) < 4.78 is 25.5. The zero-order valence-electron chi connectivity index (χ0n) is 15.2. The van der Waals surface area contributed by atoms with Gasteiger partial charge in [-0.05, 0) is 36.4 Å². The van der Waals surface area contributed by atoms with Crippen molar-refractivity contribution in [2.24, 2.45) is 0 Å². The highest BCUT2D eigenvalue weighted by Gasteiger charge is 2.19. The summed E-state index contributed by atoms with van der Waals surface area (Å²) in [5.41, 5.74) is 2.08. The van der Waals surface area contributed by atoms with Crippen molar-refractivity contribution in [3.8, 4) is 6.07 Å². The van der Waals surface area contributed by atoms with Crippen molar-refractivity contribution in [3.63, 3.8) is 0 Å². The molecule has 2 aromatic carbocycles. The first-order valence-electron chi connectivity index (χ1n) is 8.50. The van der Waals surface area contributed by atoms with Crippen LogP contribution in [0.15, 0.2) is 60.8 Å². The van der Waals surface area contributed by atoms with Gasteiger partial charge < -0.3 is 5.32 Å². The molecule has 3 rings (SSSR count). The van der Waals surface area contributed by atoms with Gasteiger partial charge >= 0.3 is 0 Å². The van der Waals surface area contributed by atoms with Crippen LogP contribution in [-0.4, -0.2) is 32.1 Å². The number of sulfonamides is 1. The van der Waals surface area contributed by atoms with Crippen LogP contribution >= 0.6 is 0 Å². The van der Waals surface area contributed by atoms with Crippen LogP contribution in [-0.2, 0) is 14.8 Å². The maximum Gasteiger partial charge on any atom is 0.232 e. The number of fused-ring (bicyclic) bond motifs is 1. The second kappa shape index (κ2) is 8.06. The molecule has 1 aromatic heterocycles. The standard InChI is InChI=1S/C20H18N4O3S/c1-28(26,27)24(17-9-7-15(14-21)8-10-17)13-11-19(25)23-18-6-2-4-16-5-3-12-22-20(16)18/h2-10,12H,11,13H2,1H3,(H,23,25). The lowest BCUT2D eigenvalue weighted by atomic mass is 10.2. The number of amides is 1. The smallest absolute Gasteiger partial charge is 0.232 e. The summed E-state index contributed by atoms with van der Waals surface area (Å²) in [6.45, 7) is -0.0191. The zero-order valence-corrected chi connectivity index (χ0v) is 16.0. The summed E-state index contributed by atoms with van der Waals surface area (Å²) in [5, 5.41) is 12.6. The first-order chi connectivity index (χ1) is 13.4. The molecular weight excluding hydrogens is 376 g/mol. The number of nitrogens with one attached hydrogen (secondary N) is 1. The molecule has 0 bridgehead atoms. The van der Waals surface area contributed by atoms with Crippen LogP contribution in [0.3, 0.4) is 0 Å². The van der Waals surface area contributed by atoms with Gasteiger partial charge in [0.15, 0.2) is 0 Å². The third-order valence-electron chi connectivity index (χ3n) is 4.13. The molecule has 28 heavy (non-hydrogen) atoms. The molecule has 0 atom stereocenters. The summed E-state index contributed by atoms with van der Waals surface area (Å²) in [6, 6.07) is 17.3. The van der Waals surface area contributed by atoms with Crippen LogP contribution in [0, 0.1) is 11.3 Å². The van der Waals surface area contributed by atoms with Crippen molar-refractivity contribution in [1.29, 1.82) is 5.26 Å². The predicted octanol–water partition coefficient (Wildman–Crippen LogP) is 2.90. The molecule has 3 aromatic rings. The number of hydrogen-bond acceptors (Lipinski definition) is 5. The van der Waals surface area contributed by atoms with E-state index in [1.54, 1.807) is 24.4 Å². The summed E-state index contributed by atoms with van der Waals surface area (Å²) in [5.74, 6) is -0.319. The molecule has 0 saturated carbocycles. The maximum atomic E-state index is 12.4. The summed E-state index contributed by atoms with van der Waals surface area (Å²) in [7, 11) is -3.58. The van der Waals surface area contributed by atoms with E-state index in [1.807, 2.05) is 30.3 Å². The first-order valence-corrected chi connectivity index (χ1v) is 10.3. The number of carbonyl (C=O) groups is 1. The minimum atomic E-state index is -3.58. The molecule has 0 unspecified atom stereocenters. The van der Waals surface area contributed by atoms with Gasteiger partial charge in [-0.3, -0.25) is 14.1 Å². The summed E-state index contributed by atoms with van der Waals surface area (Å²) in [6.07, 6.45) is 2.70. The van der Waals surface area contributed by atoms with Crippen LogP contribution in [0.5, 0.6) is 0 Å². The highest BCUT2D eigenvalue weighted by atomic mass is 32.2. The van der Waals surface area contributed by atoms with Crippen LogP contribution in [0.4, 0.5) is 11.4 Å². The van der Waals surface area contributed by atoms with Gasteiger partial charge in [0.25, 0.3) is 0 Å². The number of benzene rings is 2. The highest BCUT2D eigenvalue weighted by Crippen LogP contribution is 2.22. The molecule has 7 nitrogen and oxygen atoms in total. The van der Waals surface area contributed by atoms with E-state index in [9.17, 15) is 13.2 Å². The minimum Gasteiger partial charge on any atom is -0.324 e. The average Bonchev–Trinajstić information content (AvgIpc) is 2.68. The number of anilines is 2. The molecule has 0 spiro atoms. The second-order valence-electron chi connectivity index (χ2n) is 6.17. The van der Waals surface area contributed by atoms with Gasteiger partial charge in [-0.25, -0.2) is 8.42 Å². The van der Waals surface area contributed by atoms with Crippen LogP contribution in [0.1, 0.15) is 12.0 Å². The number of nitrogens with zero attached hydrogens (tertiary/aromatic N) is 3. The molecule has 142 valence electrons. The molecule has 1 N–H and O–H groups in total. The number of hydrogen-bond donors (Lipinski definition) is 1. The Morgan fingerprint density at radius 3 is 2.54 bits per heavy atom. The molecule has 0 aliphatic rings. The maximum absolute atomic E-state index is 12.4. The van der Waals surface area contributed by atoms with E-state index in [0.717, 1.165) is 15.9 Å². The van der Waals surface area contributed by atoms with E-state index >= 15 is 0 Å². The van der Waals surface area contributed by atoms with Crippen molar-refractivity contribution < 1.29 is 13.2 Å². The number of aromatic nitrogens is 1. The van der Waals surface area contributed by atoms with E-state index in [4.69, 9.17) is 5.26 Å². The molecule has 0 aliphatic carbocycles. The first kappa shape index (κ1) is 19.3. The lowest BCUT2D eigenvalue weighted by Crippen LogP contribution is -2.33. The van der Waals surface area contributed by atoms with Crippen molar-refractivity contribution in [1.82, 2.24) is 4.98 Å². The van der Waals surface area contributed by atoms with Crippen molar-refractivity contribution in [3.05, 3.63) is 66.4 Å². The van der Waals surface area contributed by atoms with Crippen molar-refractivity contribution >= 4 is 38.2 Å². The van der Waals surface area contributed by atoms with Crippen LogP contribution < -0.4 is 9.62 Å². The van der Waals surface area contributed by atoms with Gasteiger partial charge in [-0.2, -0.15) is 5.26 Å². The van der Waals surface area contributed by atoms with Crippen molar-refractivity contribution in [2.75, 3.05) is 22.4 Å². The molecule has 0 fully saturated rings. The molecule has 1 heterocycles. The Morgan fingerprint density at radius 2 is 1.86 bits per heavy atom. The Hall–Kier alpha value is -3.44. The number of para-hydroxylation sites is 1. The third-order valence-corrected chi connectivity index (χ3v) is 5.33. The van der Waals surface area contributed by atoms with E-state index in [0.29, 0.717) is 22.5 Å². The Labute approximate surface area is 163 Å². The Bertz CT molecular complexity index is 1150. The lowest BCUT2D eigenvalue weighted by Gasteiger charge is -2.22. The van der Waals surface area contributed by atoms with E-state index < -0.39 is 10.0 Å². The van der Waals surface area contributed by atoms with Gasteiger partial charge in [0.2, 0.25) is 15.9 Å². The monoisotopic (exact) mass is 394 g/mol. The molecule has 0 radical (unpaired) electrons. The van der Waals surface area contributed by atoms with Gasteiger partial charge in [-0.1, -0.05) is 18.2 Å². The molecule has 0 aliphatic heterocycles. The second-order valence-corrected chi connectivity index (χ2v) is 8.08. The normalized spacial score (nSPS) is 11.0. The summed E-state index contributed by atoms with van der Waals surface area (Å²) in [4.78, 5) is 16.7. The Morgan fingerprint density at radius 1 is 1.14 bits per heavy atom. The van der Waals surface area contributed by atoms with Gasteiger partial charge in [0.05, 0.1) is 34.8 Å². The fraction of sp³-hybridized carbons (Fsp3) is 0.150. The quantitative estimate of drug-likeness (QED) is 0.692. The van der Waals surface area contributed by atoms with Gasteiger partial charge in [-0.15, -0.1) is 0 Å². The minimum absolute atomic E-state index is 0.0191. The summed E-state index contributed by atoms with van der Waals surface area (Å²) >= 11 is 0. The number of rotatable bonds is 6. The van der Waals surface area contributed by atoms with Crippen molar-refractivity contribution in [2.45, 2.75) is 6.42 Å². The molecule has 0 saturated heterocycles. The average molecular weight is 394 g/mol. The van der Waals surface area contributed by atoms with Gasteiger partial charge in [0, 0.05) is 24.5 Å². The molecule has 1 amide bonds. The Kier molecular flexibility index (Phi) is 5.57. The Balaban J connectivity index is 1.74. The van der Waals surface area contributed by atoms with E-state index in [2.05, 4.69) is 10.3 Å². The van der Waals surface area contributed by atoms with E-state index in [1.165, 1.54) is 12.1 Å². The topological polar surface area (TPSA) is 103 Å². The predicted molar refractivity (Wildman–Crippen MR) is 108 cm³/mol. The SMILES string of the molecule is CS(=O)(=O)N(CCC(=O)Nc1cccc2cccnc12)c1ccc(C#N)cc1. The number of nitriles is 1. The molecule has 8 heteroatoms. The largest absolute Gasteiger partial charge is 0.324 e. The number of carbonyl (C=O) groups excluding carboxylic acids is 1. The highest BCUT2D eigenvalue weighted by molar-refractivity contribution is 7.92. The zero-order chi connectivity index (χ0) is 20.1. The van der Waals surface area contributed by atoms with E-state index in [-0.39, 0.29) is 18.9 Å². The lowest BCUT2D eigenvalue weighted by molar-refractivity contribution is -0.116. The fourth-order valence-corrected chi connectivity index (χ4v) is 3.74. The van der Waals surface area contributed by atoms with Crippen LogP contribution in [0.2, 0.25) is 0 Å². The fourth-order valence-electron chi connectivity index (χ4n) is 2.81. The number of pyridine rings is 1.